The van der Waals surface area contributed by atoms with Gasteiger partial charge in [0.2, 0.25) is 5.91 Å². The first-order valence-electron chi connectivity index (χ1n) is 10.8. The highest BCUT2D eigenvalue weighted by Crippen LogP contribution is 2.30. The zero-order chi connectivity index (χ0) is 25.5. The number of carbonyl (C=O) groups is 2. The topological polar surface area (TPSA) is 126 Å². The summed E-state index contributed by atoms with van der Waals surface area (Å²) in [6.07, 6.45) is 0. The molecule has 0 aliphatic carbocycles. The fourth-order valence-electron chi connectivity index (χ4n) is 3.08. The fourth-order valence-corrected chi connectivity index (χ4v) is 4.86. The van der Waals surface area contributed by atoms with Crippen LogP contribution in [0.5, 0.6) is 11.5 Å². The SMILES string of the molecule is Cc1csc(NC(=O)CNC(=O)c2ccc(S(=O)(=O)Nc3ccccc3Oc3ccccc3)cc2)n1. The third kappa shape index (κ3) is 6.46. The molecule has 0 saturated carbocycles. The van der Waals surface area contributed by atoms with Crippen LogP contribution in [0.4, 0.5) is 10.8 Å². The highest BCUT2D eigenvalue weighted by molar-refractivity contribution is 7.92. The second-order valence-electron chi connectivity index (χ2n) is 7.57. The van der Waals surface area contributed by atoms with Crippen molar-refractivity contribution >= 4 is 44.0 Å². The lowest BCUT2D eigenvalue weighted by Crippen LogP contribution is -2.32. The number of carbonyl (C=O) groups excluding carboxylic acids is 2. The van der Waals surface area contributed by atoms with E-state index < -0.39 is 21.8 Å². The maximum Gasteiger partial charge on any atom is 0.262 e. The molecule has 0 unspecified atom stereocenters. The number of ether oxygens (including phenoxy) is 1. The van der Waals surface area contributed by atoms with Crippen LogP contribution in [0.3, 0.4) is 0 Å². The summed E-state index contributed by atoms with van der Waals surface area (Å²) in [4.78, 5) is 28.5. The second kappa shape index (κ2) is 11.0. The first kappa shape index (κ1) is 24.9. The van der Waals surface area contributed by atoms with Crippen LogP contribution in [-0.4, -0.2) is 31.8 Å². The number of aryl methyl sites for hydroxylation is 1. The molecule has 0 radical (unpaired) electrons. The zero-order valence-electron chi connectivity index (χ0n) is 19.1. The predicted octanol–water partition coefficient (Wildman–Crippen LogP) is 4.41. The average Bonchev–Trinajstić information content (AvgIpc) is 3.28. The van der Waals surface area contributed by atoms with Crippen LogP contribution in [-0.2, 0) is 14.8 Å². The third-order valence-electron chi connectivity index (χ3n) is 4.80. The Morgan fingerprint density at radius 2 is 1.64 bits per heavy atom. The highest BCUT2D eigenvalue weighted by Gasteiger charge is 2.18. The van der Waals surface area contributed by atoms with E-state index in [0.29, 0.717) is 16.6 Å². The normalized spacial score (nSPS) is 10.9. The summed E-state index contributed by atoms with van der Waals surface area (Å²) in [5.41, 5.74) is 1.26. The number of anilines is 2. The van der Waals surface area contributed by atoms with Crippen molar-refractivity contribution in [1.29, 1.82) is 0 Å². The zero-order valence-corrected chi connectivity index (χ0v) is 20.7. The number of thiazole rings is 1. The Balaban J connectivity index is 1.38. The smallest absolute Gasteiger partial charge is 0.262 e. The molecule has 4 rings (SSSR count). The lowest BCUT2D eigenvalue weighted by molar-refractivity contribution is -0.115. The number of hydrogen-bond donors (Lipinski definition) is 3. The summed E-state index contributed by atoms with van der Waals surface area (Å²) in [5.74, 6) is -0.0270. The number of nitrogens with zero attached hydrogens (tertiary/aromatic N) is 1. The van der Waals surface area contributed by atoms with Crippen molar-refractivity contribution in [3.63, 3.8) is 0 Å². The Kier molecular flexibility index (Phi) is 7.62. The van der Waals surface area contributed by atoms with E-state index in [1.54, 1.807) is 41.8 Å². The minimum atomic E-state index is -3.96. The number of para-hydroxylation sites is 3. The van der Waals surface area contributed by atoms with Gasteiger partial charge < -0.3 is 15.4 Å². The first-order chi connectivity index (χ1) is 17.3. The molecule has 3 aromatic carbocycles. The van der Waals surface area contributed by atoms with E-state index in [2.05, 4.69) is 20.3 Å². The van der Waals surface area contributed by atoms with Crippen LogP contribution in [0, 0.1) is 6.92 Å². The molecule has 3 N–H and O–H groups in total. The van der Waals surface area contributed by atoms with Gasteiger partial charge in [0.25, 0.3) is 15.9 Å². The molecule has 2 amide bonds. The van der Waals surface area contributed by atoms with Gasteiger partial charge in [-0.25, -0.2) is 13.4 Å². The number of rotatable bonds is 9. The monoisotopic (exact) mass is 522 g/mol. The van der Waals surface area contributed by atoms with E-state index in [1.165, 1.54) is 35.6 Å². The van der Waals surface area contributed by atoms with Gasteiger partial charge in [0.05, 0.1) is 22.8 Å². The Labute approximate surface area is 212 Å². The van der Waals surface area contributed by atoms with Crippen molar-refractivity contribution in [2.45, 2.75) is 11.8 Å². The van der Waals surface area contributed by atoms with Gasteiger partial charge in [0, 0.05) is 10.9 Å². The molecular formula is C25H22N4O5S2. The second-order valence-corrected chi connectivity index (χ2v) is 10.1. The molecule has 0 aliphatic rings. The maximum absolute atomic E-state index is 13.0. The number of aromatic nitrogens is 1. The molecule has 4 aromatic rings. The minimum Gasteiger partial charge on any atom is -0.455 e. The van der Waals surface area contributed by atoms with Crippen molar-refractivity contribution in [2.24, 2.45) is 0 Å². The number of amides is 2. The van der Waals surface area contributed by atoms with E-state index in [9.17, 15) is 18.0 Å². The summed E-state index contributed by atoms with van der Waals surface area (Å²) >= 11 is 1.29. The molecule has 1 aromatic heterocycles. The third-order valence-corrected chi connectivity index (χ3v) is 7.06. The maximum atomic E-state index is 13.0. The van der Waals surface area contributed by atoms with Crippen molar-refractivity contribution in [3.8, 4) is 11.5 Å². The van der Waals surface area contributed by atoms with Gasteiger partial charge in [-0.3, -0.25) is 14.3 Å². The predicted molar refractivity (Wildman–Crippen MR) is 138 cm³/mol. The van der Waals surface area contributed by atoms with E-state index in [0.717, 1.165) is 5.69 Å². The molecule has 9 nitrogen and oxygen atoms in total. The van der Waals surface area contributed by atoms with Crippen molar-refractivity contribution in [2.75, 3.05) is 16.6 Å². The van der Waals surface area contributed by atoms with Crippen LogP contribution in [0.1, 0.15) is 16.1 Å². The number of hydrogen-bond acceptors (Lipinski definition) is 7. The summed E-state index contributed by atoms with van der Waals surface area (Å²) in [6.45, 7) is 1.56. The Hall–Kier alpha value is -4.22. The largest absolute Gasteiger partial charge is 0.455 e. The Bertz CT molecular complexity index is 1470. The van der Waals surface area contributed by atoms with Gasteiger partial charge in [-0.15, -0.1) is 11.3 Å². The number of benzene rings is 3. The fraction of sp³-hybridized carbons (Fsp3) is 0.0800. The molecule has 0 aliphatic heterocycles. The molecular weight excluding hydrogens is 500 g/mol. The van der Waals surface area contributed by atoms with Gasteiger partial charge in [0.15, 0.2) is 10.9 Å². The van der Waals surface area contributed by atoms with Gasteiger partial charge in [0.1, 0.15) is 5.75 Å². The van der Waals surface area contributed by atoms with Gasteiger partial charge in [-0.05, 0) is 55.5 Å². The van der Waals surface area contributed by atoms with Crippen LogP contribution in [0.25, 0.3) is 0 Å². The quantitative estimate of drug-likeness (QED) is 0.299. The standard InChI is InChI=1S/C25H22N4O5S2/c1-17-16-35-25(27-17)28-23(30)15-26-24(31)18-11-13-20(14-12-18)36(32,33)29-21-9-5-6-10-22(21)34-19-7-3-2-4-8-19/h2-14,16,29H,15H2,1H3,(H,26,31)(H,27,28,30). The van der Waals surface area contributed by atoms with E-state index in [1.807, 2.05) is 25.1 Å². The molecule has 11 heteroatoms. The van der Waals surface area contributed by atoms with Crippen LogP contribution in [0.15, 0.2) is 89.1 Å². The molecule has 0 bridgehead atoms. The molecule has 0 spiro atoms. The van der Waals surface area contributed by atoms with E-state index in [4.69, 9.17) is 4.74 Å². The molecule has 1 heterocycles. The van der Waals surface area contributed by atoms with E-state index in [-0.39, 0.29) is 22.7 Å². The van der Waals surface area contributed by atoms with Crippen molar-refractivity contribution in [1.82, 2.24) is 10.3 Å². The van der Waals surface area contributed by atoms with Crippen LogP contribution >= 0.6 is 11.3 Å². The van der Waals surface area contributed by atoms with Crippen molar-refractivity contribution in [3.05, 3.63) is 95.5 Å². The summed E-state index contributed by atoms with van der Waals surface area (Å²) in [5, 5.41) is 7.34. The lowest BCUT2D eigenvalue weighted by atomic mass is 10.2. The summed E-state index contributed by atoms with van der Waals surface area (Å²) in [6, 6.07) is 21.1. The lowest BCUT2D eigenvalue weighted by Gasteiger charge is -2.13. The van der Waals surface area contributed by atoms with E-state index >= 15 is 0 Å². The molecule has 184 valence electrons. The van der Waals surface area contributed by atoms with Crippen LogP contribution in [0.2, 0.25) is 0 Å². The number of sulfonamides is 1. The van der Waals surface area contributed by atoms with Gasteiger partial charge in [-0.2, -0.15) is 0 Å². The summed E-state index contributed by atoms with van der Waals surface area (Å²) < 4.78 is 34.2. The minimum absolute atomic E-state index is 0.0366. The Morgan fingerprint density at radius 1 is 0.944 bits per heavy atom. The average molecular weight is 523 g/mol. The van der Waals surface area contributed by atoms with Crippen molar-refractivity contribution < 1.29 is 22.7 Å². The van der Waals surface area contributed by atoms with Gasteiger partial charge >= 0.3 is 0 Å². The number of nitrogens with one attached hydrogen (secondary N) is 3. The molecule has 0 fully saturated rings. The molecule has 0 saturated heterocycles. The van der Waals surface area contributed by atoms with Gasteiger partial charge in [-0.1, -0.05) is 30.3 Å². The van der Waals surface area contributed by atoms with Crippen LogP contribution < -0.4 is 20.1 Å². The molecule has 0 atom stereocenters. The highest BCUT2D eigenvalue weighted by atomic mass is 32.2. The first-order valence-corrected chi connectivity index (χ1v) is 13.1. The molecule has 36 heavy (non-hydrogen) atoms. The summed E-state index contributed by atoms with van der Waals surface area (Å²) in [7, 11) is -3.96. The Morgan fingerprint density at radius 3 is 2.33 bits per heavy atom.